The Labute approximate surface area is 130 Å². The van der Waals surface area contributed by atoms with Crippen molar-refractivity contribution in [3.8, 4) is 0 Å². The molecule has 4 heteroatoms. The third-order valence-corrected chi connectivity index (χ3v) is 5.68. The third-order valence-electron chi connectivity index (χ3n) is 5.07. The number of halogens is 1. The average Bonchev–Trinajstić information content (AvgIpc) is 3.13. The molecule has 112 valence electrons. The second-order valence-corrected chi connectivity index (χ2v) is 8.31. The molecule has 1 aromatic heterocycles. The number of aromatic nitrogens is 2. The van der Waals surface area contributed by atoms with Gasteiger partial charge >= 0.3 is 0 Å². The van der Waals surface area contributed by atoms with Crippen molar-refractivity contribution in [3.05, 3.63) is 16.4 Å². The second kappa shape index (κ2) is 5.45. The summed E-state index contributed by atoms with van der Waals surface area (Å²) < 4.78 is 3.25. The number of hydrogen-bond acceptors (Lipinski definition) is 2. The maximum atomic E-state index is 4.43. The van der Waals surface area contributed by atoms with Crippen LogP contribution in [0.3, 0.4) is 0 Å². The fourth-order valence-corrected chi connectivity index (χ4v) is 4.29. The molecular formula is C16H26BrN3. The molecule has 0 aromatic carbocycles. The molecular weight excluding hydrogens is 314 g/mol. The molecule has 0 bridgehead atoms. The maximum absolute atomic E-state index is 4.43. The van der Waals surface area contributed by atoms with E-state index >= 15 is 0 Å². The van der Waals surface area contributed by atoms with E-state index in [9.17, 15) is 0 Å². The van der Waals surface area contributed by atoms with Gasteiger partial charge in [-0.05, 0) is 65.9 Å². The number of hydrogen-bond donors (Lipinski definition) is 1. The second-order valence-electron chi connectivity index (χ2n) is 7.46. The highest BCUT2D eigenvalue weighted by molar-refractivity contribution is 9.10. The normalized spacial score (nSPS) is 29.6. The Bertz CT molecular complexity index is 455. The van der Waals surface area contributed by atoms with Gasteiger partial charge in [0.15, 0.2) is 0 Å². The van der Waals surface area contributed by atoms with Gasteiger partial charge in [0.2, 0.25) is 0 Å². The minimum atomic E-state index is 0.449. The Kier molecular flexibility index (Phi) is 3.97. The lowest BCUT2D eigenvalue weighted by Gasteiger charge is -2.41. The lowest BCUT2D eigenvalue weighted by atomic mass is 9.66. The zero-order chi connectivity index (χ0) is 14.3. The van der Waals surface area contributed by atoms with Crippen LogP contribution in [0.1, 0.15) is 57.6 Å². The Morgan fingerprint density at radius 1 is 1.40 bits per heavy atom. The van der Waals surface area contributed by atoms with Crippen molar-refractivity contribution >= 4 is 15.9 Å². The molecule has 2 atom stereocenters. The first-order chi connectivity index (χ1) is 9.46. The molecule has 2 fully saturated rings. The highest BCUT2D eigenvalue weighted by Gasteiger charge is 2.38. The lowest BCUT2D eigenvalue weighted by Crippen LogP contribution is -2.36. The number of nitrogens with zero attached hydrogens (tertiary/aromatic N) is 2. The highest BCUT2D eigenvalue weighted by Crippen LogP contribution is 2.48. The van der Waals surface area contributed by atoms with Crippen molar-refractivity contribution in [3.63, 3.8) is 0 Å². The van der Waals surface area contributed by atoms with Crippen molar-refractivity contribution in [2.24, 2.45) is 18.4 Å². The number of nitrogens with one attached hydrogen (secondary N) is 1. The maximum Gasteiger partial charge on any atom is 0.0635 e. The molecule has 0 aliphatic heterocycles. The minimum Gasteiger partial charge on any atom is -0.314 e. The summed E-state index contributed by atoms with van der Waals surface area (Å²) in [7, 11) is 2.08. The Morgan fingerprint density at radius 3 is 2.75 bits per heavy atom. The first kappa shape index (κ1) is 14.6. The molecule has 0 spiro atoms. The summed E-state index contributed by atoms with van der Waals surface area (Å²) in [5, 5.41) is 8.17. The summed E-state index contributed by atoms with van der Waals surface area (Å²) >= 11 is 3.71. The van der Waals surface area contributed by atoms with Gasteiger partial charge in [0.1, 0.15) is 0 Å². The lowest BCUT2D eigenvalue weighted by molar-refractivity contribution is 0.154. The molecule has 1 aromatic rings. The fraction of sp³-hybridized carbons (Fsp3) is 0.812. The van der Waals surface area contributed by atoms with E-state index in [-0.39, 0.29) is 0 Å². The molecule has 2 aliphatic rings. The summed E-state index contributed by atoms with van der Waals surface area (Å²) in [4.78, 5) is 0. The zero-order valence-corrected chi connectivity index (χ0v) is 14.4. The van der Waals surface area contributed by atoms with Crippen LogP contribution in [0.5, 0.6) is 0 Å². The zero-order valence-electron chi connectivity index (χ0n) is 12.8. The van der Waals surface area contributed by atoms with Crippen LogP contribution in [0.4, 0.5) is 0 Å². The van der Waals surface area contributed by atoms with Gasteiger partial charge in [-0.1, -0.05) is 13.8 Å². The van der Waals surface area contributed by atoms with E-state index in [1.165, 1.54) is 48.8 Å². The standard InChI is InChI=1S/C16H26BrN3/c1-16(2)7-6-11(9-18-12-4-5-12)13(8-16)15-14(17)10-19-20(15)3/h10-13,18H,4-9H2,1-3H3. The fourth-order valence-electron chi connectivity index (χ4n) is 3.65. The Hall–Kier alpha value is -0.350. The van der Waals surface area contributed by atoms with Crippen LogP contribution < -0.4 is 5.32 Å². The van der Waals surface area contributed by atoms with Crippen LogP contribution in [0, 0.1) is 11.3 Å². The van der Waals surface area contributed by atoms with E-state index in [0.29, 0.717) is 11.3 Å². The summed E-state index contributed by atoms with van der Waals surface area (Å²) in [6.45, 7) is 5.99. The smallest absolute Gasteiger partial charge is 0.0635 e. The van der Waals surface area contributed by atoms with Gasteiger partial charge < -0.3 is 5.32 Å². The molecule has 2 saturated carbocycles. The number of rotatable bonds is 4. The predicted octanol–water partition coefficient (Wildman–Crippen LogP) is 3.84. The van der Waals surface area contributed by atoms with Crippen molar-refractivity contribution in [2.75, 3.05) is 6.54 Å². The first-order valence-electron chi connectivity index (χ1n) is 7.87. The molecule has 0 saturated heterocycles. The summed E-state index contributed by atoms with van der Waals surface area (Å²) in [6, 6.07) is 0.806. The summed E-state index contributed by atoms with van der Waals surface area (Å²) in [5.41, 5.74) is 1.84. The Balaban J connectivity index is 1.80. The predicted molar refractivity (Wildman–Crippen MR) is 85.8 cm³/mol. The largest absolute Gasteiger partial charge is 0.314 e. The quantitative estimate of drug-likeness (QED) is 0.902. The summed E-state index contributed by atoms with van der Waals surface area (Å²) in [5.74, 6) is 1.36. The molecule has 0 radical (unpaired) electrons. The minimum absolute atomic E-state index is 0.449. The van der Waals surface area contributed by atoms with E-state index in [1.54, 1.807) is 0 Å². The van der Waals surface area contributed by atoms with E-state index in [0.717, 1.165) is 12.0 Å². The van der Waals surface area contributed by atoms with Crippen molar-refractivity contribution in [2.45, 2.75) is 57.9 Å². The molecule has 0 amide bonds. The van der Waals surface area contributed by atoms with Gasteiger partial charge in [-0.3, -0.25) is 4.68 Å². The SMILES string of the molecule is Cn1ncc(Br)c1C1CC(C)(C)CCC1CNC1CC1. The van der Waals surface area contributed by atoms with Crippen LogP contribution >= 0.6 is 15.9 Å². The molecule has 2 unspecified atom stereocenters. The van der Waals surface area contributed by atoms with Gasteiger partial charge in [0.05, 0.1) is 16.4 Å². The molecule has 20 heavy (non-hydrogen) atoms. The topological polar surface area (TPSA) is 29.9 Å². The number of aryl methyl sites for hydroxylation is 1. The van der Waals surface area contributed by atoms with E-state index < -0.39 is 0 Å². The van der Waals surface area contributed by atoms with Gasteiger partial charge in [-0.25, -0.2) is 0 Å². The Morgan fingerprint density at radius 2 is 2.15 bits per heavy atom. The van der Waals surface area contributed by atoms with Crippen LogP contribution in [-0.2, 0) is 7.05 Å². The van der Waals surface area contributed by atoms with Crippen LogP contribution in [0.25, 0.3) is 0 Å². The monoisotopic (exact) mass is 339 g/mol. The third kappa shape index (κ3) is 3.11. The van der Waals surface area contributed by atoms with Gasteiger partial charge in [-0.15, -0.1) is 0 Å². The van der Waals surface area contributed by atoms with Gasteiger partial charge in [0, 0.05) is 19.0 Å². The van der Waals surface area contributed by atoms with Crippen molar-refractivity contribution in [1.29, 1.82) is 0 Å². The molecule has 2 aliphatic carbocycles. The van der Waals surface area contributed by atoms with Crippen LogP contribution in [-0.4, -0.2) is 22.4 Å². The molecule has 3 nitrogen and oxygen atoms in total. The van der Waals surface area contributed by atoms with Crippen molar-refractivity contribution in [1.82, 2.24) is 15.1 Å². The van der Waals surface area contributed by atoms with E-state index in [4.69, 9.17) is 0 Å². The molecule has 1 N–H and O–H groups in total. The van der Waals surface area contributed by atoms with Crippen LogP contribution in [0.2, 0.25) is 0 Å². The molecule has 1 heterocycles. The van der Waals surface area contributed by atoms with E-state index in [1.807, 2.05) is 6.20 Å². The molecule has 3 rings (SSSR count). The first-order valence-corrected chi connectivity index (χ1v) is 8.66. The highest BCUT2D eigenvalue weighted by atomic mass is 79.9. The van der Waals surface area contributed by atoms with Crippen LogP contribution in [0.15, 0.2) is 10.7 Å². The van der Waals surface area contributed by atoms with Gasteiger partial charge in [0.25, 0.3) is 0 Å². The average molecular weight is 340 g/mol. The van der Waals surface area contributed by atoms with Gasteiger partial charge in [-0.2, -0.15) is 5.10 Å². The van der Waals surface area contributed by atoms with E-state index in [2.05, 4.69) is 51.9 Å². The van der Waals surface area contributed by atoms with Crippen molar-refractivity contribution < 1.29 is 0 Å². The summed E-state index contributed by atoms with van der Waals surface area (Å²) in [6.07, 6.45) is 8.63.